The number of phenols is 1. The summed E-state index contributed by atoms with van der Waals surface area (Å²) in [4.78, 5) is 1.05. The summed E-state index contributed by atoms with van der Waals surface area (Å²) in [5, 5.41) is 9.41. The number of benzene rings is 2. The molecule has 0 spiro atoms. The van der Waals surface area contributed by atoms with Crippen molar-refractivity contribution in [2.75, 3.05) is 0 Å². The summed E-state index contributed by atoms with van der Waals surface area (Å²) >= 11 is 3.55. The maximum Gasteiger partial charge on any atom is 0.153 e. The molecule has 0 radical (unpaired) electrons. The Morgan fingerprint density at radius 1 is 0.826 bits per heavy atom. The fourth-order valence-corrected chi connectivity index (χ4v) is 1.99. The van der Waals surface area contributed by atoms with Crippen molar-refractivity contribution in [2.45, 2.75) is 17.7 Å². The van der Waals surface area contributed by atoms with Crippen LogP contribution in [0.25, 0.3) is 0 Å². The number of aromatic hydroxyl groups is 1. The SMILES string of the molecule is F[P-](F)(F)(F)(F)F.Oc1ccc([SH2+])c(CCc2ccccc2)c1. The van der Waals surface area contributed by atoms with Gasteiger partial charge in [0.1, 0.15) is 5.75 Å². The maximum absolute atomic E-state index is 10.7. The summed E-state index contributed by atoms with van der Waals surface area (Å²) in [5.74, 6) is 0.324. The van der Waals surface area contributed by atoms with Crippen molar-refractivity contribution in [1.82, 2.24) is 0 Å². The molecule has 0 bridgehead atoms. The van der Waals surface area contributed by atoms with Gasteiger partial charge in [-0.2, -0.15) is 0 Å². The van der Waals surface area contributed by atoms with Crippen molar-refractivity contribution in [2.24, 2.45) is 0 Å². The Labute approximate surface area is 134 Å². The molecule has 0 aliphatic rings. The van der Waals surface area contributed by atoms with E-state index >= 15 is 0 Å². The van der Waals surface area contributed by atoms with Gasteiger partial charge in [-0.3, -0.25) is 0 Å². The fourth-order valence-electron chi connectivity index (χ4n) is 1.71. The van der Waals surface area contributed by atoms with E-state index < -0.39 is 7.81 Å². The first kappa shape index (κ1) is 19.6. The number of halogens is 6. The third kappa shape index (κ3) is 11.8. The van der Waals surface area contributed by atoms with Crippen molar-refractivity contribution in [1.29, 1.82) is 0 Å². The molecular weight excluding hydrogens is 361 g/mol. The van der Waals surface area contributed by atoms with Crippen LogP contribution < -0.4 is 0 Å². The molecule has 0 aromatic heterocycles. The number of phenolic OH excluding ortho intramolecular Hbond substituents is 1. The zero-order chi connectivity index (χ0) is 17.8. The molecule has 1 N–H and O–H groups in total. The first-order valence-corrected chi connectivity index (χ1v) is 8.87. The average Bonchev–Trinajstić information content (AvgIpc) is 2.37. The minimum Gasteiger partial charge on any atom is -0.508 e. The molecule has 2 rings (SSSR count). The van der Waals surface area contributed by atoms with Gasteiger partial charge in [0, 0.05) is 5.56 Å². The summed E-state index contributed by atoms with van der Waals surface area (Å²) < 4.78 is 59.2. The van der Waals surface area contributed by atoms with Crippen LogP contribution in [0.4, 0.5) is 25.2 Å². The Kier molecular flexibility index (Phi) is 5.33. The normalized spacial score (nSPS) is 14.2. The maximum atomic E-state index is 9.87. The Morgan fingerprint density at radius 2 is 1.35 bits per heavy atom. The Balaban J connectivity index is 0.000000322. The third-order valence-electron chi connectivity index (χ3n) is 2.61. The smallest absolute Gasteiger partial charge is 0.153 e. The van der Waals surface area contributed by atoms with Gasteiger partial charge in [-0.25, -0.2) is 0 Å². The van der Waals surface area contributed by atoms with Crippen LogP contribution in [0.5, 0.6) is 5.75 Å². The zero-order valence-corrected chi connectivity index (χ0v) is 13.6. The molecule has 0 atom stereocenters. The molecule has 9 heteroatoms. The van der Waals surface area contributed by atoms with Crippen LogP contribution in [-0.2, 0) is 25.5 Å². The second-order valence-electron chi connectivity index (χ2n) is 4.79. The monoisotopic (exact) mass is 376 g/mol. The van der Waals surface area contributed by atoms with Crippen molar-refractivity contribution in [3.63, 3.8) is 0 Å². The molecule has 0 aliphatic heterocycles. The van der Waals surface area contributed by atoms with E-state index in [1.807, 2.05) is 30.3 Å². The molecule has 2 aromatic carbocycles. The van der Waals surface area contributed by atoms with Crippen LogP contribution in [0.1, 0.15) is 11.1 Å². The summed E-state index contributed by atoms with van der Waals surface area (Å²) in [7, 11) is -10.7. The Bertz CT molecular complexity index is 646. The predicted molar refractivity (Wildman–Crippen MR) is 83.9 cm³/mol. The van der Waals surface area contributed by atoms with Crippen molar-refractivity contribution >= 4 is 20.4 Å². The number of hydrogen-bond acceptors (Lipinski definition) is 1. The Morgan fingerprint density at radius 3 is 1.87 bits per heavy atom. The zero-order valence-electron chi connectivity index (χ0n) is 11.7. The van der Waals surface area contributed by atoms with Crippen LogP contribution in [0.15, 0.2) is 53.4 Å². The van der Waals surface area contributed by atoms with E-state index in [2.05, 4.69) is 24.8 Å². The second-order valence-corrected chi connectivity index (χ2v) is 7.24. The van der Waals surface area contributed by atoms with Gasteiger partial charge >= 0.3 is 33.0 Å². The minimum atomic E-state index is -10.7. The summed E-state index contributed by atoms with van der Waals surface area (Å²) in [6.45, 7) is 0. The van der Waals surface area contributed by atoms with Crippen molar-refractivity contribution in [3.05, 3.63) is 59.7 Å². The topological polar surface area (TPSA) is 20.2 Å². The van der Waals surface area contributed by atoms with E-state index in [1.54, 1.807) is 6.07 Å². The van der Waals surface area contributed by atoms with Crippen molar-refractivity contribution < 1.29 is 30.3 Å². The molecule has 0 heterocycles. The summed E-state index contributed by atoms with van der Waals surface area (Å²) in [5.41, 5.74) is 2.46. The molecule has 0 amide bonds. The number of rotatable bonds is 3. The number of hydrogen-bond donors (Lipinski definition) is 1. The second kappa shape index (κ2) is 6.24. The summed E-state index contributed by atoms with van der Waals surface area (Å²) in [6, 6.07) is 15.7. The predicted octanol–water partition coefficient (Wildman–Crippen LogP) is 5.93. The van der Waals surface area contributed by atoms with Gasteiger partial charge in [-0.1, -0.05) is 30.3 Å². The van der Waals surface area contributed by atoms with E-state index in [9.17, 15) is 30.3 Å². The summed E-state index contributed by atoms with van der Waals surface area (Å²) in [6.07, 6.45) is 1.92. The molecule has 0 fully saturated rings. The molecule has 0 saturated carbocycles. The molecule has 0 aliphatic carbocycles. The van der Waals surface area contributed by atoms with Crippen LogP contribution >= 0.6 is 7.81 Å². The van der Waals surface area contributed by atoms with E-state index in [0.29, 0.717) is 5.75 Å². The van der Waals surface area contributed by atoms with Gasteiger partial charge in [0.15, 0.2) is 4.90 Å². The van der Waals surface area contributed by atoms with E-state index in [1.165, 1.54) is 5.56 Å². The van der Waals surface area contributed by atoms with Crippen molar-refractivity contribution in [3.8, 4) is 5.75 Å². The largest absolute Gasteiger partial charge is 0.508 e. The molecule has 2 aromatic rings. The van der Waals surface area contributed by atoms with Gasteiger partial charge < -0.3 is 5.11 Å². The first-order chi connectivity index (χ1) is 10.2. The van der Waals surface area contributed by atoms with Crippen LogP contribution in [-0.4, -0.2) is 5.11 Å². The van der Waals surface area contributed by atoms with Gasteiger partial charge in [-0.15, -0.1) is 0 Å². The van der Waals surface area contributed by atoms with Gasteiger partial charge in [0.05, 0.1) is 0 Å². The number of aryl methyl sites for hydroxylation is 2. The average molecular weight is 376 g/mol. The minimum absolute atomic E-state index is 0.324. The molecule has 23 heavy (non-hydrogen) atoms. The van der Waals surface area contributed by atoms with E-state index in [4.69, 9.17) is 0 Å². The van der Waals surface area contributed by atoms with E-state index in [-0.39, 0.29) is 0 Å². The van der Waals surface area contributed by atoms with Crippen LogP contribution in [0, 0.1) is 0 Å². The quantitative estimate of drug-likeness (QED) is 0.400. The molecule has 0 unspecified atom stereocenters. The Hall–Kier alpha value is -1.40. The fraction of sp³-hybridized carbons (Fsp3) is 0.143. The van der Waals surface area contributed by atoms with Crippen LogP contribution in [0.3, 0.4) is 0 Å². The van der Waals surface area contributed by atoms with Crippen LogP contribution in [0.2, 0.25) is 0 Å². The van der Waals surface area contributed by atoms with Gasteiger partial charge in [0.2, 0.25) is 0 Å². The third-order valence-corrected chi connectivity index (χ3v) is 3.10. The molecule has 1 nitrogen and oxygen atoms in total. The van der Waals surface area contributed by atoms with E-state index in [0.717, 1.165) is 23.3 Å². The molecule has 130 valence electrons. The van der Waals surface area contributed by atoms with Gasteiger partial charge in [-0.05, 0) is 49.2 Å². The first-order valence-electron chi connectivity index (χ1n) is 6.34. The molecular formula is C14H15F6OPS. The molecule has 0 saturated heterocycles. The standard InChI is InChI=1S/C14H14OS.F6P/c15-13-8-9-14(16)12(10-13)7-6-11-4-2-1-3-5-11;1-7(2,3,4,5)6/h1-5,8-10,15-16H,6-7H2;/q;-1/p+1. The van der Waals surface area contributed by atoms with Gasteiger partial charge in [0.25, 0.3) is 0 Å².